The van der Waals surface area contributed by atoms with Crippen LogP contribution in [0.3, 0.4) is 0 Å². The van der Waals surface area contributed by atoms with Crippen molar-refractivity contribution in [3.63, 3.8) is 0 Å². The molecule has 7 nitrogen and oxygen atoms in total. The van der Waals surface area contributed by atoms with E-state index in [2.05, 4.69) is 12.2 Å². The van der Waals surface area contributed by atoms with Crippen LogP contribution in [0.2, 0.25) is 0 Å². The van der Waals surface area contributed by atoms with Gasteiger partial charge in [0.1, 0.15) is 13.1 Å². The first kappa shape index (κ1) is 18.7. The van der Waals surface area contributed by atoms with Crippen molar-refractivity contribution < 1.29 is 14.4 Å². The van der Waals surface area contributed by atoms with Crippen molar-refractivity contribution in [2.45, 2.75) is 32.2 Å². The van der Waals surface area contributed by atoms with Crippen LogP contribution < -0.4 is 11.1 Å². The molecule has 1 saturated heterocycles. The predicted molar refractivity (Wildman–Crippen MR) is 77.5 cm³/mol. The molecule has 0 radical (unpaired) electrons. The van der Waals surface area contributed by atoms with Gasteiger partial charge in [-0.25, -0.2) is 4.79 Å². The molecule has 0 aromatic rings. The summed E-state index contributed by atoms with van der Waals surface area (Å²) in [5, 5.41) is 2.76. The Morgan fingerprint density at radius 3 is 2.55 bits per heavy atom. The van der Waals surface area contributed by atoms with Gasteiger partial charge in [-0.3, -0.25) is 14.5 Å². The molecule has 0 spiro atoms. The Balaban J connectivity index is 0.00000361. The van der Waals surface area contributed by atoms with Gasteiger partial charge in [-0.15, -0.1) is 12.4 Å². The number of nitrogens with one attached hydrogen (secondary N) is 1. The van der Waals surface area contributed by atoms with E-state index in [1.165, 1.54) is 11.9 Å². The molecule has 1 aliphatic heterocycles. The maximum absolute atomic E-state index is 11.8. The highest BCUT2D eigenvalue weighted by molar-refractivity contribution is 6.04. The number of unbranched alkanes of at least 4 members (excludes halogenated alkanes) is 1. The number of halogens is 1. The SMILES string of the molecule is CCCCC(CN)NC(=O)CN1C(=O)CN(C)C1=O.Cl. The minimum absolute atomic E-state index is 0. The molecule has 0 aromatic carbocycles. The molecular weight excluding hydrogens is 284 g/mol. The Kier molecular flexibility index (Phi) is 8.17. The van der Waals surface area contributed by atoms with E-state index in [-0.39, 0.29) is 43.4 Å². The van der Waals surface area contributed by atoms with Crippen LogP contribution in [0.5, 0.6) is 0 Å². The van der Waals surface area contributed by atoms with Gasteiger partial charge in [0.05, 0.1) is 0 Å². The van der Waals surface area contributed by atoms with E-state index in [4.69, 9.17) is 5.73 Å². The number of nitrogens with two attached hydrogens (primary N) is 1. The number of hydrogen-bond donors (Lipinski definition) is 2. The summed E-state index contributed by atoms with van der Waals surface area (Å²) in [6, 6.07) is -0.531. The lowest BCUT2D eigenvalue weighted by Gasteiger charge is -2.19. The Hall–Kier alpha value is -1.34. The molecule has 4 amide bonds. The molecule has 8 heteroatoms. The topological polar surface area (TPSA) is 95.7 Å². The molecule has 1 atom stereocenters. The number of rotatable bonds is 7. The summed E-state index contributed by atoms with van der Waals surface area (Å²) >= 11 is 0. The largest absolute Gasteiger partial charge is 0.351 e. The minimum Gasteiger partial charge on any atom is -0.351 e. The molecule has 0 saturated carbocycles. The number of carbonyl (C=O) groups is 3. The van der Waals surface area contributed by atoms with Gasteiger partial charge in [0.2, 0.25) is 5.91 Å². The number of imide groups is 1. The van der Waals surface area contributed by atoms with E-state index < -0.39 is 6.03 Å². The smallest absolute Gasteiger partial charge is 0.327 e. The summed E-state index contributed by atoms with van der Waals surface area (Å²) in [6.07, 6.45) is 2.81. The maximum Gasteiger partial charge on any atom is 0.327 e. The third-order valence-electron chi connectivity index (χ3n) is 3.09. The van der Waals surface area contributed by atoms with Gasteiger partial charge < -0.3 is 16.0 Å². The van der Waals surface area contributed by atoms with Crippen LogP contribution in [0.15, 0.2) is 0 Å². The van der Waals surface area contributed by atoms with Crippen molar-refractivity contribution in [2.75, 3.05) is 26.7 Å². The number of nitrogens with zero attached hydrogens (tertiary/aromatic N) is 2. The van der Waals surface area contributed by atoms with Crippen molar-refractivity contribution in [3.8, 4) is 0 Å². The van der Waals surface area contributed by atoms with E-state index in [1.807, 2.05) is 0 Å². The Bertz CT molecular complexity index is 365. The monoisotopic (exact) mass is 306 g/mol. The zero-order valence-corrected chi connectivity index (χ0v) is 12.7. The van der Waals surface area contributed by atoms with E-state index in [0.29, 0.717) is 6.54 Å². The van der Waals surface area contributed by atoms with E-state index in [0.717, 1.165) is 24.2 Å². The zero-order valence-electron chi connectivity index (χ0n) is 11.9. The predicted octanol–water partition coefficient (Wildman–Crippen LogP) is -0.0641. The summed E-state index contributed by atoms with van der Waals surface area (Å²) < 4.78 is 0. The molecular formula is C12H23ClN4O3. The van der Waals surface area contributed by atoms with Crippen LogP contribution in [0, 0.1) is 0 Å². The van der Waals surface area contributed by atoms with Gasteiger partial charge in [0, 0.05) is 19.6 Å². The Morgan fingerprint density at radius 2 is 2.10 bits per heavy atom. The Morgan fingerprint density at radius 1 is 1.45 bits per heavy atom. The Labute approximate surface area is 125 Å². The van der Waals surface area contributed by atoms with Gasteiger partial charge in [-0.1, -0.05) is 19.8 Å². The van der Waals surface area contributed by atoms with Crippen molar-refractivity contribution in [3.05, 3.63) is 0 Å². The van der Waals surface area contributed by atoms with Crippen LogP contribution in [0.1, 0.15) is 26.2 Å². The summed E-state index contributed by atoms with van der Waals surface area (Å²) in [7, 11) is 1.53. The second-order valence-electron chi connectivity index (χ2n) is 4.76. The summed E-state index contributed by atoms with van der Waals surface area (Å²) in [5.41, 5.74) is 5.58. The second kappa shape index (κ2) is 8.76. The lowest BCUT2D eigenvalue weighted by atomic mass is 10.1. The van der Waals surface area contributed by atoms with Gasteiger partial charge in [-0.05, 0) is 6.42 Å². The highest BCUT2D eigenvalue weighted by atomic mass is 35.5. The summed E-state index contributed by atoms with van der Waals surface area (Å²) in [6.45, 7) is 2.22. The molecule has 1 heterocycles. The van der Waals surface area contributed by atoms with Gasteiger partial charge >= 0.3 is 6.03 Å². The fourth-order valence-corrected chi connectivity index (χ4v) is 1.94. The number of carbonyl (C=O) groups excluding carboxylic acids is 3. The van der Waals surface area contributed by atoms with Gasteiger partial charge in [-0.2, -0.15) is 0 Å². The number of likely N-dealkylation sites (N-methyl/N-ethyl adjacent to an activating group) is 1. The maximum atomic E-state index is 11.8. The normalized spacial score (nSPS) is 16.1. The van der Waals surface area contributed by atoms with E-state index in [1.54, 1.807) is 0 Å². The van der Waals surface area contributed by atoms with Crippen molar-refractivity contribution in [1.29, 1.82) is 0 Å². The first-order valence-electron chi connectivity index (χ1n) is 6.54. The van der Waals surface area contributed by atoms with Crippen LogP contribution in [0.4, 0.5) is 4.79 Å². The average Bonchev–Trinajstić information content (AvgIpc) is 2.61. The lowest BCUT2D eigenvalue weighted by Crippen LogP contribution is -2.46. The fourth-order valence-electron chi connectivity index (χ4n) is 1.94. The molecule has 20 heavy (non-hydrogen) atoms. The molecule has 1 aliphatic rings. The molecule has 0 aromatic heterocycles. The first-order chi connectivity index (χ1) is 8.99. The van der Waals surface area contributed by atoms with Gasteiger partial charge in [0.25, 0.3) is 5.91 Å². The molecule has 1 rings (SSSR count). The number of hydrogen-bond acceptors (Lipinski definition) is 4. The summed E-state index contributed by atoms with van der Waals surface area (Å²) in [5.74, 6) is -0.691. The highest BCUT2D eigenvalue weighted by Crippen LogP contribution is 2.07. The quantitative estimate of drug-likeness (QED) is 0.644. The second-order valence-corrected chi connectivity index (χ2v) is 4.76. The molecule has 0 aliphatic carbocycles. The fraction of sp³-hybridized carbons (Fsp3) is 0.750. The van der Waals surface area contributed by atoms with E-state index >= 15 is 0 Å². The van der Waals surface area contributed by atoms with Crippen molar-refractivity contribution in [1.82, 2.24) is 15.1 Å². The standard InChI is InChI=1S/C12H22N4O3.ClH/c1-3-4-5-9(6-13)14-10(17)7-16-11(18)8-15(2)12(16)19;/h9H,3-8,13H2,1-2H3,(H,14,17);1H. The van der Waals surface area contributed by atoms with Crippen molar-refractivity contribution in [2.24, 2.45) is 5.73 Å². The zero-order chi connectivity index (χ0) is 14.4. The number of urea groups is 1. The molecule has 1 unspecified atom stereocenters. The average molecular weight is 307 g/mol. The molecule has 0 bridgehead atoms. The third kappa shape index (κ3) is 4.97. The summed E-state index contributed by atoms with van der Waals surface area (Å²) in [4.78, 5) is 37.2. The van der Waals surface area contributed by atoms with Crippen LogP contribution >= 0.6 is 12.4 Å². The third-order valence-corrected chi connectivity index (χ3v) is 3.09. The number of amides is 4. The van der Waals surface area contributed by atoms with Crippen LogP contribution in [0.25, 0.3) is 0 Å². The van der Waals surface area contributed by atoms with Crippen LogP contribution in [-0.4, -0.2) is 60.4 Å². The first-order valence-corrected chi connectivity index (χ1v) is 6.54. The van der Waals surface area contributed by atoms with Crippen LogP contribution in [-0.2, 0) is 9.59 Å². The van der Waals surface area contributed by atoms with E-state index in [9.17, 15) is 14.4 Å². The molecule has 1 fully saturated rings. The highest BCUT2D eigenvalue weighted by Gasteiger charge is 2.34. The van der Waals surface area contributed by atoms with Gasteiger partial charge in [0.15, 0.2) is 0 Å². The van der Waals surface area contributed by atoms with Crippen molar-refractivity contribution >= 4 is 30.3 Å². The molecule has 116 valence electrons. The molecule has 3 N–H and O–H groups in total. The minimum atomic E-state index is -0.432. The lowest BCUT2D eigenvalue weighted by molar-refractivity contribution is -0.131.